The fourth-order valence-electron chi connectivity index (χ4n) is 1.91. The minimum Gasteiger partial charge on any atom is -0.481 e. The molecule has 8 nitrogen and oxygen atoms in total. The largest absolute Gasteiger partial charge is 0.481 e. The number of piperazine rings is 1. The molecule has 1 unspecified atom stereocenters. The molecule has 2 amide bonds. The van der Waals surface area contributed by atoms with Crippen LogP contribution in [-0.4, -0.2) is 57.1 Å². The number of carboxylic acid groups (broad SMARTS) is 1. The maximum atomic E-state index is 12.2. The zero-order valence-electron chi connectivity index (χ0n) is 9.94. The number of amides is 2. The number of carbonyl (C=O) groups excluding carboxylic acids is 2. The van der Waals surface area contributed by atoms with Gasteiger partial charge in [-0.1, -0.05) is 0 Å². The molecule has 0 aliphatic carbocycles. The Labute approximate surface area is 108 Å². The number of carboxylic acids is 1. The van der Waals surface area contributed by atoms with Crippen LogP contribution in [-0.2, 0) is 9.59 Å². The molecule has 2 heterocycles. The summed E-state index contributed by atoms with van der Waals surface area (Å²) in [7, 11) is 0. The van der Waals surface area contributed by atoms with Crippen LogP contribution < -0.4 is 5.32 Å². The molecule has 0 bridgehead atoms. The van der Waals surface area contributed by atoms with E-state index in [1.165, 1.54) is 23.4 Å². The van der Waals surface area contributed by atoms with Gasteiger partial charge in [0, 0.05) is 13.1 Å². The molecule has 0 radical (unpaired) electrons. The molecule has 0 spiro atoms. The molecule has 0 saturated carbocycles. The predicted molar refractivity (Wildman–Crippen MR) is 62.1 cm³/mol. The van der Waals surface area contributed by atoms with Crippen LogP contribution in [0.15, 0.2) is 18.5 Å². The number of hydrogen-bond donors (Lipinski definition) is 2. The van der Waals surface area contributed by atoms with E-state index in [9.17, 15) is 14.4 Å². The number of hydrogen-bond acceptors (Lipinski definition) is 5. The van der Waals surface area contributed by atoms with E-state index < -0.39 is 30.2 Å². The predicted octanol–water partition coefficient (Wildman–Crippen LogP) is -1.11. The molecule has 1 aliphatic rings. The lowest BCUT2D eigenvalue weighted by Crippen LogP contribution is -2.57. The highest BCUT2D eigenvalue weighted by molar-refractivity contribution is 5.98. The fourth-order valence-corrected chi connectivity index (χ4v) is 1.91. The molecule has 2 N–H and O–H groups in total. The molecular weight excluding hydrogens is 252 g/mol. The SMILES string of the molecule is O=C(O)CC1C(=O)NCCN1C(=O)c1ccnnc1. The van der Waals surface area contributed by atoms with Gasteiger partial charge >= 0.3 is 5.97 Å². The van der Waals surface area contributed by atoms with Gasteiger partial charge in [0.15, 0.2) is 0 Å². The van der Waals surface area contributed by atoms with Gasteiger partial charge in [-0.3, -0.25) is 14.4 Å². The molecule has 0 aromatic carbocycles. The summed E-state index contributed by atoms with van der Waals surface area (Å²) in [6.07, 6.45) is 2.23. The second kappa shape index (κ2) is 5.42. The van der Waals surface area contributed by atoms with E-state index >= 15 is 0 Å². The summed E-state index contributed by atoms with van der Waals surface area (Å²) in [4.78, 5) is 35.9. The number of nitrogens with one attached hydrogen (secondary N) is 1. The maximum Gasteiger partial charge on any atom is 0.305 e. The van der Waals surface area contributed by atoms with Crippen LogP contribution in [0.1, 0.15) is 16.8 Å². The Morgan fingerprint density at radius 2 is 2.26 bits per heavy atom. The van der Waals surface area contributed by atoms with Crippen molar-refractivity contribution in [1.82, 2.24) is 20.4 Å². The Morgan fingerprint density at radius 1 is 1.47 bits per heavy atom. The van der Waals surface area contributed by atoms with Crippen molar-refractivity contribution in [1.29, 1.82) is 0 Å². The molecule has 1 aliphatic heterocycles. The van der Waals surface area contributed by atoms with Crippen molar-refractivity contribution in [2.24, 2.45) is 0 Å². The Bertz CT molecular complexity index is 505. The average Bonchev–Trinajstić information content (AvgIpc) is 2.41. The zero-order chi connectivity index (χ0) is 13.8. The van der Waals surface area contributed by atoms with Gasteiger partial charge in [-0.25, -0.2) is 0 Å². The third kappa shape index (κ3) is 2.84. The summed E-state index contributed by atoms with van der Waals surface area (Å²) in [6.45, 7) is 0.573. The first kappa shape index (κ1) is 12.9. The van der Waals surface area contributed by atoms with Gasteiger partial charge in [0.25, 0.3) is 5.91 Å². The highest BCUT2D eigenvalue weighted by Gasteiger charge is 2.35. The lowest BCUT2D eigenvalue weighted by molar-refractivity contribution is -0.142. The number of carbonyl (C=O) groups is 3. The monoisotopic (exact) mass is 264 g/mol. The van der Waals surface area contributed by atoms with E-state index in [4.69, 9.17) is 5.11 Å². The minimum absolute atomic E-state index is 0.269. The van der Waals surface area contributed by atoms with Crippen molar-refractivity contribution < 1.29 is 19.5 Å². The van der Waals surface area contributed by atoms with E-state index in [1.54, 1.807) is 0 Å². The number of nitrogens with zero attached hydrogens (tertiary/aromatic N) is 3. The van der Waals surface area contributed by atoms with Crippen LogP contribution in [0.3, 0.4) is 0 Å². The summed E-state index contributed by atoms with van der Waals surface area (Å²) in [5, 5.41) is 18.5. The molecular formula is C11H12N4O4. The van der Waals surface area contributed by atoms with Crippen molar-refractivity contribution in [3.8, 4) is 0 Å². The van der Waals surface area contributed by atoms with Gasteiger partial charge in [-0.05, 0) is 6.07 Å². The van der Waals surface area contributed by atoms with Gasteiger partial charge in [0.1, 0.15) is 6.04 Å². The maximum absolute atomic E-state index is 12.2. The van der Waals surface area contributed by atoms with Crippen molar-refractivity contribution in [3.05, 3.63) is 24.0 Å². The van der Waals surface area contributed by atoms with Gasteiger partial charge in [-0.2, -0.15) is 10.2 Å². The first-order valence-electron chi connectivity index (χ1n) is 5.67. The lowest BCUT2D eigenvalue weighted by Gasteiger charge is -2.34. The van der Waals surface area contributed by atoms with Crippen molar-refractivity contribution >= 4 is 17.8 Å². The highest BCUT2D eigenvalue weighted by Crippen LogP contribution is 2.13. The molecule has 1 aromatic heterocycles. The molecule has 1 fully saturated rings. The number of aromatic nitrogens is 2. The minimum atomic E-state index is -1.13. The first-order valence-corrected chi connectivity index (χ1v) is 5.67. The number of aliphatic carboxylic acids is 1. The third-order valence-corrected chi connectivity index (χ3v) is 2.79. The normalized spacial score (nSPS) is 18.8. The standard InChI is InChI=1S/C11H12N4O4/c16-9(17)5-8-10(18)12-3-4-15(8)11(19)7-1-2-13-14-6-7/h1-2,6,8H,3-5H2,(H,12,18)(H,16,17). The third-order valence-electron chi connectivity index (χ3n) is 2.79. The van der Waals surface area contributed by atoms with Gasteiger partial charge in [0.2, 0.25) is 5.91 Å². The topological polar surface area (TPSA) is 112 Å². The van der Waals surface area contributed by atoms with E-state index in [0.29, 0.717) is 6.54 Å². The van der Waals surface area contributed by atoms with Crippen LogP contribution >= 0.6 is 0 Å². The van der Waals surface area contributed by atoms with E-state index in [2.05, 4.69) is 15.5 Å². The first-order chi connectivity index (χ1) is 9.09. The molecule has 100 valence electrons. The summed E-state index contributed by atoms with van der Waals surface area (Å²) < 4.78 is 0. The molecule has 1 atom stereocenters. The summed E-state index contributed by atoms with van der Waals surface area (Å²) >= 11 is 0. The molecule has 1 aromatic rings. The Hall–Kier alpha value is -2.51. The lowest BCUT2D eigenvalue weighted by atomic mass is 10.1. The van der Waals surface area contributed by atoms with Crippen LogP contribution in [0.4, 0.5) is 0 Å². The van der Waals surface area contributed by atoms with Crippen LogP contribution in [0.5, 0.6) is 0 Å². The Kier molecular flexibility index (Phi) is 3.69. The summed E-state index contributed by atoms with van der Waals surface area (Å²) in [5.74, 6) is -2.01. The molecule has 19 heavy (non-hydrogen) atoms. The Balaban J connectivity index is 2.22. The fraction of sp³-hybridized carbons (Fsp3) is 0.364. The van der Waals surface area contributed by atoms with Crippen LogP contribution in [0.25, 0.3) is 0 Å². The van der Waals surface area contributed by atoms with Crippen molar-refractivity contribution in [3.63, 3.8) is 0 Å². The van der Waals surface area contributed by atoms with E-state index in [-0.39, 0.29) is 12.1 Å². The van der Waals surface area contributed by atoms with Gasteiger partial charge in [0.05, 0.1) is 24.4 Å². The van der Waals surface area contributed by atoms with Crippen molar-refractivity contribution in [2.75, 3.05) is 13.1 Å². The second-order valence-electron chi connectivity index (χ2n) is 4.03. The number of rotatable bonds is 3. The van der Waals surface area contributed by atoms with E-state index in [0.717, 1.165) is 0 Å². The summed E-state index contributed by atoms with van der Waals surface area (Å²) in [6, 6.07) is 0.478. The second-order valence-corrected chi connectivity index (χ2v) is 4.03. The molecule has 1 saturated heterocycles. The van der Waals surface area contributed by atoms with Crippen molar-refractivity contribution in [2.45, 2.75) is 12.5 Å². The van der Waals surface area contributed by atoms with Gasteiger partial charge < -0.3 is 15.3 Å². The average molecular weight is 264 g/mol. The molecule has 8 heteroatoms. The summed E-state index contributed by atoms with van der Waals surface area (Å²) in [5.41, 5.74) is 0.278. The van der Waals surface area contributed by atoms with Gasteiger partial charge in [-0.15, -0.1) is 0 Å². The quantitative estimate of drug-likeness (QED) is 0.716. The van der Waals surface area contributed by atoms with E-state index in [1.807, 2.05) is 0 Å². The van der Waals surface area contributed by atoms with Crippen LogP contribution in [0, 0.1) is 0 Å². The zero-order valence-corrected chi connectivity index (χ0v) is 9.94. The highest BCUT2D eigenvalue weighted by atomic mass is 16.4. The smallest absolute Gasteiger partial charge is 0.305 e. The Morgan fingerprint density at radius 3 is 2.89 bits per heavy atom. The van der Waals surface area contributed by atoms with Crippen LogP contribution in [0.2, 0.25) is 0 Å². The molecule has 2 rings (SSSR count).